The van der Waals surface area contributed by atoms with E-state index in [-0.39, 0.29) is 5.92 Å². The lowest BCUT2D eigenvalue weighted by Crippen LogP contribution is -2.52. The van der Waals surface area contributed by atoms with Crippen LogP contribution >= 0.6 is 0 Å². The van der Waals surface area contributed by atoms with Gasteiger partial charge in [-0.2, -0.15) is 0 Å². The van der Waals surface area contributed by atoms with E-state index < -0.39 is 5.60 Å². The van der Waals surface area contributed by atoms with Crippen LogP contribution in [-0.4, -0.2) is 16.5 Å². The van der Waals surface area contributed by atoms with Crippen molar-refractivity contribution in [3.8, 4) is 0 Å². The first-order chi connectivity index (χ1) is 14.7. The summed E-state index contributed by atoms with van der Waals surface area (Å²) >= 11 is 0. The van der Waals surface area contributed by atoms with Gasteiger partial charge in [-0.15, -0.1) is 0 Å². The Morgan fingerprint density at radius 2 is 1.87 bits per heavy atom. The van der Waals surface area contributed by atoms with Crippen LogP contribution in [0.3, 0.4) is 0 Å². The summed E-state index contributed by atoms with van der Waals surface area (Å²) in [6.45, 7) is 9.51. The van der Waals surface area contributed by atoms with Gasteiger partial charge >= 0.3 is 0 Å². The van der Waals surface area contributed by atoms with Crippen molar-refractivity contribution in [2.45, 2.75) is 117 Å². The number of rotatable bonds is 6. The number of carbonyl (C=O) groups excluding carboxylic acids is 1. The second-order valence-electron chi connectivity index (χ2n) is 13.0. The highest BCUT2D eigenvalue weighted by Gasteiger charge is 2.60. The van der Waals surface area contributed by atoms with Gasteiger partial charge in [-0.1, -0.05) is 52.2 Å². The second-order valence-corrected chi connectivity index (χ2v) is 13.0. The first-order valence-electron chi connectivity index (χ1n) is 13.6. The van der Waals surface area contributed by atoms with Crippen molar-refractivity contribution in [3.05, 3.63) is 11.6 Å². The van der Waals surface area contributed by atoms with Crippen molar-refractivity contribution in [3.63, 3.8) is 0 Å². The maximum Gasteiger partial charge on any atom is 0.136 e. The molecular weight excluding hydrogens is 380 g/mol. The maximum atomic E-state index is 13.1. The highest BCUT2D eigenvalue weighted by Crippen LogP contribution is 2.67. The summed E-state index contributed by atoms with van der Waals surface area (Å²) in [4.78, 5) is 13.1. The molecule has 0 heterocycles. The molecule has 0 aromatic heterocycles. The summed E-state index contributed by atoms with van der Waals surface area (Å²) in [6.07, 6.45) is 17.6. The standard InChI is InChI=1S/C29H46O2/c1-5-29(31)17-16-27(3)21(18-29)9-10-22-24-12-11-23(28(24,4)15-14-25(22)27)19(2)26(30)13-8-20-6-7-20/h9,19-20,22-25,31H,5-8,10-18H2,1-4H3/t19-,22-,23+,24-,25-,27-,28+,29-/m0/s1. The lowest BCUT2D eigenvalue weighted by Gasteiger charge is -2.59. The van der Waals surface area contributed by atoms with Crippen molar-refractivity contribution < 1.29 is 9.90 Å². The zero-order chi connectivity index (χ0) is 22.0. The van der Waals surface area contributed by atoms with E-state index in [0.717, 1.165) is 62.2 Å². The van der Waals surface area contributed by atoms with E-state index in [9.17, 15) is 9.90 Å². The molecule has 0 aromatic rings. The number of fused-ring (bicyclic) bond motifs is 5. The third kappa shape index (κ3) is 3.58. The largest absolute Gasteiger partial charge is 0.390 e. The fourth-order valence-electron chi connectivity index (χ4n) is 9.08. The molecule has 31 heavy (non-hydrogen) atoms. The van der Waals surface area contributed by atoms with Gasteiger partial charge in [0.1, 0.15) is 5.78 Å². The maximum absolute atomic E-state index is 13.1. The SMILES string of the molecule is CC[C@]1(O)CC[C@@]2(C)C(=CC[C@H]3[C@@H]4CC[C@H]([C@H](C)C(=O)CCC5CC5)[C@@]4(C)CC[C@@H]32)C1. The molecule has 0 radical (unpaired) electrons. The molecule has 0 aliphatic heterocycles. The van der Waals surface area contributed by atoms with Gasteiger partial charge in [-0.3, -0.25) is 4.79 Å². The predicted octanol–water partition coefficient (Wildman–Crippen LogP) is 7.10. The highest BCUT2D eigenvalue weighted by atomic mass is 16.3. The zero-order valence-electron chi connectivity index (χ0n) is 20.6. The number of aliphatic hydroxyl groups is 1. The summed E-state index contributed by atoms with van der Waals surface area (Å²) in [5.74, 6) is 4.64. The van der Waals surface area contributed by atoms with E-state index in [1.165, 1.54) is 44.9 Å². The molecule has 0 unspecified atom stereocenters. The van der Waals surface area contributed by atoms with Crippen LogP contribution in [-0.2, 0) is 4.79 Å². The van der Waals surface area contributed by atoms with Crippen molar-refractivity contribution in [2.24, 2.45) is 46.3 Å². The van der Waals surface area contributed by atoms with E-state index in [0.29, 0.717) is 22.5 Å². The van der Waals surface area contributed by atoms with Crippen LogP contribution in [0.25, 0.3) is 0 Å². The first-order valence-corrected chi connectivity index (χ1v) is 13.6. The highest BCUT2D eigenvalue weighted by molar-refractivity contribution is 5.81. The fraction of sp³-hybridized carbons (Fsp3) is 0.897. The number of hydrogen-bond donors (Lipinski definition) is 1. The minimum atomic E-state index is -0.462. The zero-order valence-corrected chi connectivity index (χ0v) is 20.6. The smallest absolute Gasteiger partial charge is 0.136 e. The molecule has 2 heteroatoms. The molecular formula is C29H46O2. The van der Waals surface area contributed by atoms with Crippen LogP contribution in [0.1, 0.15) is 111 Å². The Kier molecular flexibility index (Phi) is 5.52. The molecule has 8 atom stereocenters. The van der Waals surface area contributed by atoms with E-state index in [4.69, 9.17) is 0 Å². The molecule has 4 saturated carbocycles. The molecule has 0 bridgehead atoms. The monoisotopic (exact) mass is 426 g/mol. The Morgan fingerprint density at radius 3 is 2.58 bits per heavy atom. The van der Waals surface area contributed by atoms with Crippen molar-refractivity contribution in [1.82, 2.24) is 0 Å². The van der Waals surface area contributed by atoms with Crippen LogP contribution in [0.5, 0.6) is 0 Å². The lowest BCUT2D eigenvalue weighted by atomic mass is 9.46. The molecule has 0 spiro atoms. The average Bonchev–Trinajstić information content (AvgIpc) is 3.52. The Morgan fingerprint density at radius 1 is 1.10 bits per heavy atom. The van der Waals surface area contributed by atoms with Gasteiger partial charge in [0, 0.05) is 12.3 Å². The average molecular weight is 427 g/mol. The Bertz CT molecular complexity index is 750. The summed E-state index contributed by atoms with van der Waals surface area (Å²) < 4.78 is 0. The third-order valence-corrected chi connectivity index (χ3v) is 11.6. The molecule has 0 aromatic carbocycles. The molecule has 1 N–H and O–H groups in total. The minimum absolute atomic E-state index is 0.254. The molecule has 5 rings (SSSR count). The van der Waals surface area contributed by atoms with Gasteiger partial charge in [-0.25, -0.2) is 0 Å². The second kappa shape index (κ2) is 7.71. The van der Waals surface area contributed by atoms with E-state index >= 15 is 0 Å². The van der Waals surface area contributed by atoms with E-state index in [2.05, 4.69) is 33.8 Å². The molecule has 5 aliphatic carbocycles. The first kappa shape index (κ1) is 22.2. The molecule has 0 saturated heterocycles. The molecule has 4 fully saturated rings. The number of carbonyl (C=O) groups is 1. The predicted molar refractivity (Wildman–Crippen MR) is 127 cm³/mol. The van der Waals surface area contributed by atoms with E-state index in [1.807, 2.05) is 0 Å². The molecule has 0 amide bonds. The van der Waals surface area contributed by atoms with Crippen LogP contribution in [0.15, 0.2) is 11.6 Å². The van der Waals surface area contributed by atoms with Gasteiger partial charge in [0.2, 0.25) is 0 Å². The normalized spacial score (nSPS) is 47.7. The number of hydrogen-bond acceptors (Lipinski definition) is 2. The van der Waals surface area contributed by atoms with Crippen molar-refractivity contribution in [1.29, 1.82) is 0 Å². The lowest BCUT2D eigenvalue weighted by molar-refractivity contribution is -0.127. The van der Waals surface area contributed by atoms with Crippen molar-refractivity contribution >= 4 is 5.78 Å². The van der Waals surface area contributed by atoms with Crippen LogP contribution in [0.2, 0.25) is 0 Å². The van der Waals surface area contributed by atoms with Crippen molar-refractivity contribution in [2.75, 3.05) is 0 Å². The molecule has 5 aliphatic rings. The third-order valence-electron chi connectivity index (χ3n) is 11.6. The Balaban J connectivity index is 1.33. The number of Topliss-reactive ketones (excluding diaryl/α,β-unsaturated/α-hetero) is 1. The van der Waals surface area contributed by atoms with E-state index in [1.54, 1.807) is 5.57 Å². The minimum Gasteiger partial charge on any atom is -0.390 e. The molecule has 2 nitrogen and oxygen atoms in total. The Hall–Kier alpha value is -0.630. The summed E-state index contributed by atoms with van der Waals surface area (Å²) in [5.41, 5.74) is 1.77. The topological polar surface area (TPSA) is 37.3 Å². The number of allylic oxidation sites excluding steroid dienone is 1. The van der Waals surface area contributed by atoms with Crippen LogP contribution < -0.4 is 0 Å². The van der Waals surface area contributed by atoms with Gasteiger partial charge in [0.05, 0.1) is 5.60 Å². The van der Waals surface area contributed by atoms with Gasteiger partial charge in [0.15, 0.2) is 0 Å². The summed E-state index contributed by atoms with van der Waals surface area (Å²) in [6, 6.07) is 0. The Labute approximate surface area is 190 Å². The quantitative estimate of drug-likeness (QED) is 0.460. The van der Waals surface area contributed by atoms with Gasteiger partial charge in [0.25, 0.3) is 0 Å². The van der Waals surface area contributed by atoms with Crippen LogP contribution in [0, 0.1) is 46.3 Å². The van der Waals surface area contributed by atoms with Gasteiger partial charge < -0.3 is 5.11 Å². The van der Waals surface area contributed by atoms with Crippen LogP contribution in [0.4, 0.5) is 0 Å². The summed E-state index contributed by atoms with van der Waals surface area (Å²) in [5, 5.41) is 11.0. The summed E-state index contributed by atoms with van der Waals surface area (Å²) in [7, 11) is 0. The number of ketones is 1. The molecule has 174 valence electrons. The van der Waals surface area contributed by atoms with Gasteiger partial charge in [-0.05, 0) is 105 Å². The fourth-order valence-corrected chi connectivity index (χ4v) is 9.08.